The van der Waals surface area contributed by atoms with Gasteiger partial charge in [0.05, 0.1) is 13.2 Å². The molecule has 2 heterocycles. The molecule has 0 N–H and O–H groups in total. The van der Waals surface area contributed by atoms with Gasteiger partial charge in [-0.15, -0.1) is 0 Å². The average Bonchev–Trinajstić information content (AvgIpc) is 2.70. The Morgan fingerprint density at radius 1 is 0.963 bits per heavy atom. The van der Waals surface area contributed by atoms with Crippen LogP contribution in [0.5, 0.6) is 0 Å². The molecule has 1 unspecified atom stereocenters. The minimum atomic E-state index is 0.134. The first-order valence-electron chi connectivity index (χ1n) is 11.2. The smallest absolute Gasteiger partial charge is 0.248 e. The van der Waals surface area contributed by atoms with E-state index >= 15 is 0 Å². The van der Waals surface area contributed by atoms with Crippen molar-refractivity contribution >= 4 is 5.91 Å². The lowest BCUT2D eigenvalue weighted by atomic mass is 9.87. The fourth-order valence-corrected chi connectivity index (χ4v) is 4.25. The largest absolute Gasteiger partial charge is 0.379 e. The SMILES string of the molecule is CCC(C)N1CCC(COCCOCC(=O)N2CCC(C(C)C)CC2)CC1. The van der Waals surface area contributed by atoms with Crippen LogP contribution < -0.4 is 0 Å². The van der Waals surface area contributed by atoms with E-state index in [0.29, 0.717) is 25.2 Å². The van der Waals surface area contributed by atoms with Gasteiger partial charge in [0.25, 0.3) is 0 Å². The highest BCUT2D eigenvalue weighted by molar-refractivity contribution is 5.77. The molecule has 2 aliphatic rings. The molecule has 1 atom stereocenters. The van der Waals surface area contributed by atoms with E-state index in [-0.39, 0.29) is 12.5 Å². The molecule has 0 bridgehead atoms. The van der Waals surface area contributed by atoms with Gasteiger partial charge in [0.2, 0.25) is 5.91 Å². The number of likely N-dealkylation sites (tertiary alicyclic amines) is 2. The van der Waals surface area contributed by atoms with Crippen LogP contribution in [0.1, 0.15) is 59.8 Å². The van der Waals surface area contributed by atoms with Crippen LogP contribution in [0.3, 0.4) is 0 Å². The molecule has 0 aliphatic carbocycles. The lowest BCUT2D eigenvalue weighted by molar-refractivity contribution is -0.138. The maximum Gasteiger partial charge on any atom is 0.248 e. The summed E-state index contributed by atoms with van der Waals surface area (Å²) < 4.78 is 11.3. The van der Waals surface area contributed by atoms with Crippen LogP contribution in [-0.4, -0.2) is 74.4 Å². The van der Waals surface area contributed by atoms with Crippen molar-refractivity contribution in [2.45, 2.75) is 65.8 Å². The molecule has 0 aromatic rings. The summed E-state index contributed by atoms with van der Waals surface area (Å²) in [5, 5.41) is 0. The van der Waals surface area contributed by atoms with E-state index in [2.05, 4.69) is 32.6 Å². The van der Waals surface area contributed by atoms with Crippen molar-refractivity contribution in [1.29, 1.82) is 0 Å². The first-order chi connectivity index (χ1) is 13.0. The molecule has 5 heteroatoms. The molecule has 2 saturated heterocycles. The number of hydrogen-bond donors (Lipinski definition) is 0. The maximum absolute atomic E-state index is 12.2. The van der Waals surface area contributed by atoms with E-state index in [0.717, 1.165) is 44.4 Å². The molecule has 0 aromatic carbocycles. The molecule has 2 fully saturated rings. The molecule has 2 rings (SSSR count). The van der Waals surface area contributed by atoms with E-state index < -0.39 is 0 Å². The second kappa shape index (κ2) is 12.0. The zero-order valence-electron chi connectivity index (χ0n) is 18.1. The van der Waals surface area contributed by atoms with Crippen LogP contribution in [0.25, 0.3) is 0 Å². The van der Waals surface area contributed by atoms with Crippen molar-refractivity contribution in [2.24, 2.45) is 17.8 Å². The van der Waals surface area contributed by atoms with Gasteiger partial charge in [0.1, 0.15) is 6.61 Å². The molecule has 158 valence electrons. The summed E-state index contributed by atoms with van der Waals surface area (Å²) in [6, 6.07) is 0.703. The summed E-state index contributed by atoms with van der Waals surface area (Å²) in [4.78, 5) is 16.8. The van der Waals surface area contributed by atoms with Crippen LogP contribution in [0, 0.1) is 17.8 Å². The van der Waals surface area contributed by atoms with Gasteiger partial charge in [0, 0.05) is 25.7 Å². The number of piperidine rings is 2. The third-order valence-corrected chi connectivity index (χ3v) is 6.65. The van der Waals surface area contributed by atoms with Gasteiger partial charge >= 0.3 is 0 Å². The van der Waals surface area contributed by atoms with Crippen molar-refractivity contribution in [2.75, 3.05) is 52.6 Å². The minimum Gasteiger partial charge on any atom is -0.379 e. The Morgan fingerprint density at radius 3 is 2.19 bits per heavy atom. The highest BCUT2D eigenvalue weighted by Crippen LogP contribution is 2.24. The van der Waals surface area contributed by atoms with Gasteiger partial charge in [-0.3, -0.25) is 4.79 Å². The van der Waals surface area contributed by atoms with Crippen molar-refractivity contribution in [3.05, 3.63) is 0 Å². The first-order valence-corrected chi connectivity index (χ1v) is 11.2. The number of rotatable bonds is 10. The lowest BCUT2D eigenvalue weighted by Crippen LogP contribution is -2.41. The third-order valence-electron chi connectivity index (χ3n) is 6.65. The molecule has 5 nitrogen and oxygen atoms in total. The van der Waals surface area contributed by atoms with Gasteiger partial charge in [-0.2, -0.15) is 0 Å². The number of carbonyl (C=O) groups excluding carboxylic acids is 1. The summed E-state index contributed by atoms with van der Waals surface area (Å²) in [5.41, 5.74) is 0. The van der Waals surface area contributed by atoms with E-state index in [9.17, 15) is 4.79 Å². The van der Waals surface area contributed by atoms with Gasteiger partial charge in [-0.1, -0.05) is 20.8 Å². The Bertz CT molecular complexity index is 414. The predicted molar refractivity (Wildman–Crippen MR) is 110 cm³/mol. The Balaban J connectivity index is 1.46. The van der Waals surface area contributed by atoms with Crippen LogP contribution >= 0.6 is 0 Å². The van der Waals surface area contributed by atoms with Gasteiger partial charge < -0.3 is 19.3 Å². The highest BCUT2D eigenvalue weighted by Gasteiger charge is 2.24. The monoisotopic (exact) mass is 382 g/mol. The van der Waals surface area contributed by atoms with Crippen LogP contribution in [-0.2, 0) is 14.3 Å². The number of carbonyl (C=O) groups is 1. The molecule has 0 spiro atoms. The van der Waals surface area contributed by atoms with E-state index in [4.69, 9.17) is 9.47 Å². The number of amides is 1. The number of ether oxygens (including phenoxy) is 2. The van der Waals surface area contributed by atoms with Crippen LogP contribution in [0.4, 0.5) is 0 Å². The molecule has 1 amide bonds. The molecule has 2 aliphatic heterocycles. The molecular formula is C22H42N2O3. The van der Waals surface area contributed by atoms with Gasteiger partial charge in [-0.25, -0.2) is 0 Å². The number of hydrogen-bond acceptors (Lipinski definition) is 4. The summed E-state index contributed by atoms with van der Waals surface area (Å²) >= 11 is 0. The molecule has 0 saturated carbocycles. The highest BCUT2D eigenvalue weighted by atomic mass is 16.5. The van der Waals surface area contributed by atoms with Crippen molar-refractivity contribution in [3.8, 4) is 0 Å². The summed E-state index contributed by atoms with van der Waals surface area (Å²) in [6.45, 7) is 15.4. The first kappa shape index (κ1) is 22.6. The molecule has 0 aromatic heterocycles. The average molecular weight is 383 g/mol. The topological polar surface area (TPSA) is 42.0 Å². The van der Waals surface area contributed by atoms with Crippen molar-refractivity contribution in [3.63, 3.8) is 0 Å². The third kappa shape index (κ3) is 7.71. The van der Waals surface area contributed by atoms with Crippen LogP contribution in [0.15, 0.2) is 0 Å². The van der Waals surface area contributed by atoms with E-state index in [1.165, 1.54) is 32.4 Å². The second-order valence-electron chi connectivity index (χ2n) is 8.83. The Labute approximate surface area is 166 Å². The zero-order valence-corrected chi connectivity index (χ0v) is 18.1. The minimum absolute atomic E-state index is 0.134. The molecule has 0 radical (unpaired) electrons. The summed E-state index contributed by atoms with van der Waals surface area (Å²) in [7, 11) is 0. The van der Waals surface area contributed by atoms with Gasteiger partial charge in [0.15, 0.2) is 0 Å². The van der Waals surface area contributed by atoms with Crippen molar-refractivity contribution in [1.82, 2.24) is 9.80 Å². The fraction of sp³-hybridized carbons (Fsp3) is 0.955. The Hall–Kier alpha value is -0.650. The van der Waals surface area contributed by atoms with E-state index in [1.54, 1.807) is 0 Å². The van der Waals surface area contributed by atoms with Gasteiger partial charge in [-0.05, 0) is 69.9 Å². The standard InChI is InChI=1S/C22H42N2O3/c1-5-19(4)23-10-6-20(7-11-23)16-26-14-15-27-17-22(25)24-12-8-21(9-13-24)18(2)3/h18-21H,5-17H2,1-4H3. The fourth-order valence-electron chi connectivity index (χ4n) is 4.25. The predicted octanol–water partition coefficient (Wildman–Crippen LogP) is 3.42. The normalized spacial score (nSPS) is 21.7. The second-order valence-corrected chi connectivity index (χ2v) is 8.83. The summed E-state index contributed by atoms with van der Waals surface area (Å²) in [6.07, 6.45) is 5.95. The Kier molecular flexibility index (Phi) is 10.1. The van der Waals surface area contributed by atoms with Crippen LogP contribution in [0.2, 0.25) is 0 Å². The van der Waals surface area contributed by atoms with Crippen molar-refractivity contribution < 1.29 is 14.3 Å². The van der Waals surface area contributed by atoms with E-state index in [1.807, 2.05) is 4.90 Å². The number of nitrogens with zero attached hydrogens (tertiary/aromatic N) is 2. The summed E-state index contributed by atoms with van der Waals surface area (Å²) in [5.74, 6) is 2.29. The Morgan fingerprint density at radius 2 is 1.59 bits per heavy atom. The molecular weight excluding hydrogens is 340 g/mol. The quantitative estimate of drug-likeness (QED) is 0.543. The maximum atomic E-state index is 12.2. The lowest BCUT2D eigenvalue weighted by Gasteiger charge is -2.35. The zero-order chi connectivity index (χ0) is 19.6. The molecule has 27 heavy (non-hydrogen) atoms.